The molecule has 0 saturated carbocycles. The fourth-order valence-electron chi connectivity index (χ4n) is 2.86. The molecule has 0 aromatic heterocycles. The maximum atomic E-state index is 3.38. The van der Waals surface area contributed by atoms with Crippen LogP contribution in [0.3, 0.4) is 0 Å². The van der Waals surface area contributed by atoms with E-state index in [1.54, 1.807) is 0 Å². The first-order valence-electron chi connectivity index (χ1n) is 5.89. The molecule has 0 heterocycles. The minimum absolute atomic E-state index is 1.26. The summed E-state index contributed by atoms with van der Waals surface area (Å²) in [5, 5.41) is 7.96. The van der Waals surface area contributed by atoms with E-state index in [0.717, 1.165) is 0 Å². The fourth-order valence-corrected chi connectivity index (χ4v) is 2.86. The van der Waals surface area contributed by atoms with Crippen molar-refractivity contribution in [2.45, 2.75) is 6.92 Å². The SMILES string of the molecule is Cc1cc2cccc3ccc4cc[c]c1c4c32. The van der Waals surface area contributed by atoms with Gasteiger partial charge in [0.15, 0.2) is 0 Å². The lowest BCUT2D eigenvalue weighted by atomic mass is 9.92. The van der Waals surface area contributed by atoms with Gasteiger partial charge in [0.05, 0.1) is 0 Å². The van der Waals surface area contributed by atoms with Gasteiger partial charge >= 0.3 is 0 Å². The van der Waals surface area contributed by atoms with E-state index in [1.807, 2.05) is 6.07 Å². The molecule has 0 unspecified atom stereocenters. The van der Waals surface area contributed by atoms with Crippen LogP contribution in [-0.4, -0.2) is 0 Å². The molecule has 0 saturated heterocycles. The largest absolute Gasteiger partial charge is 0.0610 e. The summed E-state index contributed by atoms with van der Waals surface area (Å²) in [6.07, 6.45) is 0. The Balaban J connectivity index is 2.50. The zero-order valence-electron chi connectivity index (χ0n) is 9.62. The van der Waals surface area contributed by atoms with Crippen molar-refractivity contribution < 1.29 is 0 Å². The second-order valence-corrected chi connectivity index (χ2v) is 4.66. The lowest BCUT2D eigenvalue weighted by Gasteiger charge is -2.12. The van der Waals surface area contributed by atoms with Gasteiger partial charge < -0.3 is 0 Å². The van der Waals surface area contributed by atoms with Gasteiger partial charge in [-0.05, 0) is 50.9 Å². The van der Waals surface area contributed by atoms with Crippen molar-refractivity contribution in [1.82, 2.24) is 0 Å². The van der Waals surface area contributed by atoms with Gasteiger partial charge in [-0.2, -0.15) is 0 Å². The smallest absolute Gasteiger partial charge is 0.00179 e. The first-order chi connectivity index (χ1) is 8.34. The highest BCUT2D eigenvalue weighted by atomic mass is 14.1. The third-order valence-electron chi connectivity index (χ3n) is 3.62. The first kappa shape index (κ1) is 9.00. The van der Waals surface area contributed by atoms with E-state index in [1.165, 1.54) is 37.9 Å². The van der Waals surface area contributed by atoms with Crippen LogP contribution in [0.15, 0.2) is 48.5 Å². The summed E-state index contributed by atoms with van der Waals surface area (Å²) in [5.41, 5.74) is 1.31. The number of rotatable bonds is 0. The maximum absolute atomic E-state index is 3.38. The van der Waals surface area contributed by atoms with Crippen LogP contribution in [0, 0.1) is 13.0 Å². The Morgan fingerprint density at radius 2 is 1.59 bits per heavy atom. The Hall–Kier alpha value is -2.08. The number of benzene rings is 4. The second-order valence-electron chi connectivity index (χ2n) is 4.66. The first-order valence-corrected chi connectivity index (χ1v) is 5.89. The van der Waals surface area contributed by atoms with Crippen LogP contribution in [-0.2, 0) is 0 Å². The third kappa shape index (κ3) is 1.07. The molecule has 4 rings (SSSR count). The summed E-state index contributed by atoms with van der Waals surface area (Å²) in [5.74, 6) is 0. The molecule has 0 spiro atoms. The Labute approximate surface area is 99.8 Å². The van der Waals surface area contributed by atoms with Crippen molar-refractivity contribution >= 4 is 32.3 Å². The van der Waals surface area contributed by atoms with Crippen molar-refractivity contribution in [2.75, 3.05) is 0 Å². The van der Waals surface area contributed by atoms with E-state index in [-0.39, 0.29) is 0 Å². The average Bonchev–Trinajstić information content (AvgIpc) is 2.37. The van der Waals surface area contributed by atoms with Crippen molar-refractivity contribution in [3.05, 3.63) is 60.2 Å². The quantitative estimate of drug-likeness (QED) is 0.373. The molecule has 4 aromatic carbocycles. The van der Waals surface area contributed by atoms with E-state index in [0.29, 0.717) is 0 Å². The van der Waals surface area contributed by atoms with Crippen LogP contribution in [0.2, 0.25) is 0 Å². The molecular weight excluding hydrogens is 204 g/mol. The molecule has 0 atom stereocenters. The minimum Gasteiger partial charge on any atom is -0.0610 e. The highest BCUT2D eigenvalue weighted by Crippen LogP contribution is 2.35. The molecule has 0 nitrogen and oxygen atoms in total. The monoisotopic (exact) mass is 215 g/mol. The lowest BCUT2D eigenvalue weighted by Crippen LogP contribution is -1.86. The summed E-state index contributed by atoms with van der Waals surface area (Å²) in [6, 6.07) is 20.7. The third-order valence-corrected chi connectivity index (χ3v) is 3.62. The minimum atomic E-state index is 1.26. The van der Waals surface area contributed by atoms with Gasteiger partial charge in [0.1, 0.15) is 0 Å². The average molecular weight is 215 g/mol. The molecule has 79 valence electrons. The van der Waals surface area contributed by atoms with E-state index < -0.39 is 0 Å². The Morgan fingerprint density at radius 1 is 0.824 bits per heavy atom. The van der Waals surface area contributed by atoms with Gasteiger partial charge in [0.2, 0.25) is 0 Å². The molecular formula is C17H11. The topological polar surface area (TPSA) is 0 Å². The predicted molar refractivity (Wildman–Crippen MR) is 73.7 cm³/mol. The van der Waals surface area contributed by atoms with Crippen molar-refractivity contribution in [3.63, 3.8) is 0 Å². The molecule has 0 bridgehead atoms. The summed E-state index contributed by atoms with van der Waals surface area (Å²) in [4.78, 5) is 0. The highest BCUT2D eigenvalue weighted by Gasteiger charge is 2.08. The Morgan fingerprint density at radius 3 is 2.47 bits per heavy atom. The number of aryl methyl sites for hydroxylation is 1. The molecule has 17 heavy (non-hydrogen) atoms. The highest BCUT2D eigenvalue weighted by molar-refractivity contribution is 6.23. The van der Waals surface area contributed by atoms with Crippen LogP contribution < -0.4 is 0 Å². The molecule has 1 radical (unpaired) electrons. The number of hydrogen-bond acceptors (Lipinski definition) is 0. The Bertz CT molecular complexity index is 840. The summed E-state index contributed by atoms with van der Waals surface area (Å²) < 4.78 is 0. The van der Waals surface area contributed by atoms with Gasteiger partial charge in [0, 0.05) is 0 Å². The van der Waals surface area contributed by atoms with E-state index in [4.69, 9.17) is 0 Å². The standard InChI is InChI=1S/C17H11/c1-11-10-14-6-2-4-12-8-9-13-5-3-7-15(11)17(13)16(12)14/h2-6,8-10H,1H3. The van der Waals surface area contributed by atoms with E-state index in [9.17, 15) is 0 Å². The van der Waals surface area contributed by atoms with Crippen LogP contribution >= 0.6 is 0 Å². The van der Waals surface area contributed by atoms with Crippen molar-refractivity contribution in [1.29, 1.82) is 0 Å². The molecule has 0 aliphatic rings. The van der Waals surface area contributed by atoms with Crippen molar-refractivity contribution in [3.8, 4) is 0 Å². The fraction of sp³-hybridized carbons (Fsp3) is 0.0588. The molecule has 0 fully saturated rings. The molecule has 0 N–H and O–H groups in total. The van der Waals surface area contributed by atoms with E-state index >= 15 is 0 Å². The Kier molecular flexibility index (Phi) is 1.58. The summed E-state index contributed by atoms with van der Waals surface area (Å²) in [7, 11) is 0. The summed E-state index contributed by atoms with van der Waals surface area (Å²) >= 11 is 0. The summed E-state index contributed by atoms with van der Waals surface area (Å²) in [6.45, 7) is 2.17. The lowest BCUT2D eigenvalue weighted by molar-refractivity contribution is 1.56. The molecule has 0 aliphatic heterocycles. The maximum Gasteiger partial charge on any atom is -0.00179 e. The normalized spacial score (nSPS) is 11.8. The second kappa shape index (κ2) is 2.98. The van der Waals surface area contributed by atoms with Crippen LogP contribution in [0.5, 0.6) is 0 Å². The van der Waals surface area contributed by atoms with Crippen LogP contribution in [0.25, 0.3) is 32.3 Å². The zero-order valence-corrected chi connectivity index (χ0v) is 9.62. The number of hydrogen-bond donors (Lipinski definition) is 0. The van der Waals surface area contributed by atoms with Gasteiger partial charge in [0.25, 0.3) is 0 Å². The van der Waals surface area contributed by atoms with E-state index in [2.05, 4.69) is 55.5 Å². The van der Waals surface area contributed by atoms with Crippen molar-refractivity contribution in [2.24, 2.45) is 0 Å². The van der Waals surface area contributed by atoms with Gasteiger partial charge in [-0.3, -0.25) is 0 Å². The predicted octanol–water partition coefficient (Wildman–Crippen LogP) is 4.69. The zero-order chi connectivity index (χ0) is 11.4. The van der Waals surface area contributed by atoms with Gasteiger partial charge in [-0.1, -0.05) is 48.5 Å². The molecule has 0 heteroatoms. The molecule has 0 amide bonds. The van der Waals surface area contributed by atoms with Crippen LogP contribution in [0.1, 0.15) is 5.56 Å². The molecule has 0 aliphatic carbocycles. The van der Waals surface area contributed by atoms with Gasteiger partial charge in [-0.25, -0.2) is 0 Å². The molecule has 4 aromatic rings. The van der Waals surface area contributed by atoms with Gasteiger partial charge in [-0.15, -0.1) is 0 Å². The van der Waals surface area contributed by atoms with Crippen LogP contribution in [0.4, 0.5) is 0 Å².